The van der Waals surface area contributed by atoms with Crippen LogP contribution < -0.4 is 10.6 Å². The zero-order chi connectivity index (χ0) is 15.4. The fourth-order valence-corrected chi connectivity index (χ4v) is 2.56. The number of rotatable bonds is 4. The first kappa shape index (κ1) is 14.3. The second-order valence-electron chi connectivity index (χ2n) is 4.64. The summed E-state index contributed by atoms with van der Waals surface area (Å²) in [5.41, 5.74) is 1.76. The van der Waals surface area contributed by atoms with Gasteiger partial charge in [0.2, 0.25) is 0 Å². The summed E-state index contributed by atoms with van der Waals surface area (Å²) in [7, 11) is 0. The number of nitrogens with zero attached hydrogens (tertiary/aromatic N) is 2. The molecule has 0 aliphatic carbocycles. The van der Waals surface area contributed by atoms with Crippen molar-refractivity contribution in [1.29, 1.82) is 0 Å². The number of hydrogen-bond donors (Lipinski definition) is 2. The molecule has 3 aromatic heterocycles. The van der Waals surface area contributed by atoms with Crippen LogP contribution in [0, 0.1) is 6.92 Å². The first-order valence-corrected chi connectivity index (χ1v) is 7.47. The van der Waals surface area contributed by atoms with Gasteiger partial charge in [0.15, 0.2) is 5.13 Å². The summed E-state index contributed by atoms with van der Waals surface area (Å²) in [6.45, 7) is 2.31. The Hall–Kier alpha value is -2.67. The standard InChI is InChI=1S/C15H14N4O2S/c1-10-6-18-15(22-10)19-14(20)17-8-11-5-12(9-16-7-11)13-3-2-4-21-13/h2-7,9H,8H2,1H3,(H2,17,18,19,20). The summed E-state index contributed by atoms with van der Waals surface area (Å²) in [6, 6.07) is 5.33. The molecule has 0 spiro atoms. The molecule has 0 unspecified atom stereocenters. The van der Waals surface area contributed by atoms with E-state index in [1.807, 2.05) is 25.1 Å². The van der Waals surface area contributed by atoms with Crippen LogP contribution in [0.25, 0.3) is 11.3 Å². The predicted octanol–water partition coefficient (Wildman–Crippen LogP) is 3.43. The number of urea groups is 1. The summed E-state index contributed by atoms with van der Waals surface area (Å²) >= 11 is 1.43. The minimum absolute atomic E-state index is 0.294. The second-order valence-corrected chi connectivity index (χ2v) is 5.88. The molecule has 7 heteroatoms. The Balaban J connectivity index is 1.59. The molecule has 3 rings (SSSR count). The maximum atomic E-state index is 11.8. The first-order valence-electron chi connectivity index (χ1n) is 6.66. The second kappa shape index (κ2) is 6.40. The minimum Gasteiger partial charge on any atom is -0.464 e. The van der Waals surface area contributed by atoms with E-state index in [0.29, 0.717) is 11.7 Å². The molecule has 0 aliphatic heterocycles. The largest absolute Gasteiger partial charge is 0.464 e. The monoisotopic (exact) mass is 314 g/mol. The fourth-order valence-electron chi connectivity index (χ4n) is 1.90. The molecule has 2 amide bonds. The number of carbonyl (C=O) groups is 1. The summed E-state index contributed by atoms with van der Waals surface area (Å²) in [5.74, 6) is 0.747. The molecule has 0 aliphatic rings. The van der Waals surface area contributed by atoms with Crippen LogP contribution in [-0.4, -0.2) is 16.0 Å². The smallest absolute Gasteiger partial charge is 0.321 e. The van der Waals surface area contributed by atoms with Gasteiger partial charge in [-0.05, 0) is 30.7 Å². The topological polar surface area (TPSA) is 80.0 Å². The molecular formula is C15H14N4O2S. The van der Waals surface area contributed by atoms with Crippen molar-refractivity contribution < 1.29 is 9.21 Å². The van der Waals surface area contributed by atoms with E-state index in [1.54, 1.807) is 24.9 Å². The Labute approximate surface area is 131 Å². The van der Waals surface area contributed by atoms with Crippen molar-refractivity contribution in [3.63, 3.8) is 0 Å². The lowest BCUT2D eigenvalue weighted by atomic mass is 10.1. The van der Waals surface area contributed by atoms with Crippen molar-refractivity contribution in [1.82, 2.24) is 15.3 Å². The van der Waals surface area contributed by atoms with Gasteiger partial charge in [0, 0.05) is 35.6 Å². The first-order chi connectivity index (χ1) is 10.7. The fraction of sp³-hybridized carbons (Fsp3) is 0.133. The van der Waals surface area contributed by atoms with Crippen molar-refractivity contribution >= 4 is 22.5 Å². The van der Waals surface area contributed by atoms with Gasteiger partial charge >= 0.3 is 6.03 Å². The number of thiazole rings is 1. The SMILES string of the molecule is Cc1cnc(NC(=O)NCc2cncc(-c3ccco3)c2)s1. The third-order valence-corrected chi connectivity index (χ3v) is 3.72. The maximum absolute atomic E-state index is 11.8. The van der Waals surface area contributed by atoms with E-state index in [9.17, 15) is 4.79 Å². The third-order valence-electron chi connectivity index (χ3n) is 2.90. The Morgan fingerprint density at radius 1 is 1.36 bits per heavy atom. The highest BCUT2D eigenvalue weighted by Gasteiger charge is 2.06. The number of anilines is 1. The summed E-state index contributed by atoms with van der Waals surface area (Å²) < 4.78 is 5.33. The molecule has 22 heavy (non-hydrogen) atoms. The van der Waals surface area contributed by atoms with Gasteiger partial charge < -0.3 is 9.73 Å². The zero-order valence-corrected chi connectivity index (χ0v) is 12.7. The molecule has 0 saturated carbocycles. The predicted molar refractivity (Wildman–Crippen MR) is 84.6 cm³/mol. The molecule has 0 bridgehead atoms. The van der Waals surface area contributed by atoms with E-state index in [1.165, 1.54) is 11.3 Å². The molecule has 0 radical (unpaired) electrons. The van der Waals surface area contributed by atoms with Gasteiger partial charge in [-0.1, -0.05) is 0 Å². The third kappa shape index (κ3) is 3.50. The highest BCUT2D eigenvalue weighted by atomic mass is 32.1. The van der Waals surface area contributed by atoms with Gasteiger partial charge in [-0.2, -0.15) is 0 Å². The number of aromatic nitrogens is 2. The molecule has 0 saturated heterocycles. The molecule has 0 fully saturated rings. The van der Waals surface area contributed by atoms with Crippen LogP contribution in [0.1, 0.15) is 10.4 Å². The van der Waals surface area contributed by atoms with E-state index in [-0.39, 0.29) is 6.03 Å². The number of hydrogen-bond acceptors (Lipinski definition) is 5. The lowest BCUT2D eigenvalue weighted by Gasteiger charge is -2.06. The normalized spacial score (nSPS) is 10.4. The van der Waals surface area contributed by atoms with Gasteiger partial charge in [-0.15, -0.1) is 11.3 Å². The van der Waals surface area contributed by atoms with Crippen LogP contribution in [-0.2, 0) is 6.54 Å². The van der Waals surface area contributed by atoms with E-state index < -0.39 is 0 Å². The van der Waals surface area contributed by atoms with Gasteiger partial charge in [0.25, 0.3) is 0 Å². The molecule has 0 atom stereocenters. The van der Waals surface area contributed by atoms with Crippen molar-refractivity contribution in [2.75, 3.05) is 5.32 Å². The van der Waals surface area contributed by atoms with Crippen molar-refractivity contribution in [2.24, 2.45) is 0 Å². The van der Waals surface area contributed by atoms with Crippen molar-refractivity contribution in [2.45, 2.75) is 13.5 Å². The molecular weight excluding hydrogens is 300 g/mol. The van der Waals surface area contributed by atoms with E-state index >= 15 is 0 Å². The van der Waals surface area contributed by atoms with Crippen molar-refractivity contribution in [3.05, 3.63) is 53.5 Å². The van der Waals surface area contributed by atoms with Crippen LogP contribution in [0.2, 0.25) is 0 Å². The maximum Gasteiger partial charge on any atom is 0.321 e. The lowest BCUT2D eigenvalue weighted by molar-refractivity contribution is 0.251. The average Bonchev–Trinajstić information content (AvgIpc) is 3.17. The zero-order valence-electron chi connectivity index (χ0n) is 11.9. The van der Waals surface area contributed by atoms with E-state index in [2.05, 4.69) is 20.6 Å². The number of furan rings is 1. The Morgan fingerprint density at radius 3 is 3.00 bits per heavy atom. The highest BCUT2D eigenvalue weighted by molar-refractivity contribution is 7.15. The minimum atomic E-state index is -0.294. The number of amides is 2. The molecule has 0 aromatic carbocycles. The van der Waals surface area contributed by atoms with Crippen molar-refractivity contribution in [3.8, 4) is 11.3 Å². The van der Waals surface area contributed by atoms with Crippen LogP contribution in [0.3, 0.4) is 0 Å². The Morgan fingerprint density at radius 2 is 2.27 bits per heavy atom. The summed E-state index contributed by atoms with van der Waals surface area (Å²) in [5, 5.41) is 6.05. The summed E-state index contributed by atoms with van der Waals surface area (Å²) in [4.78, 5) is 21.1. The number of aryl methyl sites for hydroxylation is 1. The van der Waals surface area contributed by atoms with Crippen LogP contribution >= 0.6 is 11.3 Å². The lowest BCUT2D eigenvalue weighted by Crippen LogP contribution is -2.28. The van der Waals surface area contributed by atoms with E-state index in [0.717, 1.165) is 21.8 Å². The number of nitrogens with one attached hydrogen (secondary N) is 2. The Kier molecular flexibility index (Phi) is 4.15. The quantitative estimate of drug-likeness (QED) is 0.773. The average molecular weight is 314 g/mol. The van der Waals surface area contributed by atoms with E-state index in [4.69, 9.17) is 4.42 Å². The molecule has 2 N–H and O–H groups in total. The molecule has 3 aromatic rings. The van der Waals surface area contributed by atoms with Crippen LogP contribution in [0.5, 0.6) is 0 Å². The number of carbonyl (C=O) groups excluding carboxylic acids is 1. The van der Waals surface area contributed by atoms with Gasteiger partial charge in [-0.3, -0.25) is 10.3 Å². The Bertz CT molecular complexity index is 767. The summed E-state index contributed by atoms with van der Waals surface area (Å²) in [6.07, 6.45) is 6.77. The van der Waals surface area contributed by atoms with Gasteiger partial charge in [0.05, 0.1) is 6.26 Å². The van der Waals surface area contributed by atoms with Gasteiger partial charge in [0.1, 0.15) is 5.76 Å². The van der Waals surface area contributed by atoms with Crippen LogP contribution in [0.15, 0.2) is 47.5 Å². The van der Waals surface area contributed by atoms with Crippen LogP contribution in [0.4, 0.5) is 9.93 Å². The highest BCUT2D eigenvalue weighted by Crippen LogP contribution is 2.19. The van der Waals surface area contributed by atoms with Gasteiger partial charge in [-0.25, -0.2) is 9.78 Å². The molecule has 3 heterocycles. The molecule has 6 nitrogen and oxygen atoms in total. The molecule has 112 valence electrons. The number of pyridine rings is 1.